The molecule has 1 amide bonds. The van der Waals surface area contributed by atoms with Crippen molar-refractivity contribution in [2.75, 3.05) is 12.4 Å². The van der Waals surface area contributed by atoms with Crippen LogP contribution in [0, 0.1) is 0 Å². The molecule has 7 nitrogen and oxygen atoms in total. The van der Waals surface area contributed by atoms with Gasteiger partial charge in [0.1, 0.15) is 0 Å². The van der Waals surface area contributed by atoms with Gasteiger partial charge in [-0.3, -0.25) is 4.79 Å². The molecule has 0 spiro atoms. The lowest BCUT2D eigenvalue weighted by Crippen LogP contribution is -2.40. The zero-order valence-electron chi connectivity index (χ0n) is 17.9. The molecule has 3 rings (SSSR count). The largest absolute Gasteiger partial charge is 0.465 e. The topological polar surface area (TPSA) is 102 Å². The zero-order valence-corrected chi connectivity index (χ0v) is 18.7. The molecule has 1 fully saturated rings. The van der Waals surface area contributed by atoms with Gasteiger partial charge in [-0.1, -0.05) is 24.6 Å². The van der Waals surface area contributed by atoms with E-state index in [-0.39, 0.29) is 17.9 Å². The predicted octanol–water partition coefficient (Wildman–Crippen LogP) is 3.69. The summed E-state index contributed by atoms with van der Waals surface area (Å²) in [7, 11) is -2.04. The molecule has 0 radical (unpaired) electrons. The summed E-state index contributed by atoms with van der Waals surface area (Å²) in [6, 6.07) is 13.7. The third-order valence-electron chi connectivity index (χ3n) is 5.59. The van der Waals surface area contributed by atoms with Gasteiger partial charge in [-0.2, -0.15) is 0 Å². The van der Waals surface area contributed by atoms with E-state index >= 15 is 0 Å². The molecule has 0 saturated heterocycles. The third kappa shape index (κ3) is 5.51. The maximum Gasteiger partial charge on any atom is 0.337 e. The van der Waals surface area contributed by atoms with E-state index in [1.165, 1.54) is 13.2 Å². The first-order chi connectivity index (χ1) is 14.7. The minimum atomic E-state index is -3.33. The highest BCUT2D eigenvalue weighted by Crippen LogP contribution is 2.35. The molecule has 1 saturated carbocycles. The summed E-state index contributed by atoms with van der Waals surface area (Å²) in [4.78, 5) is 24.2. The highest BCUT2D eigenvalue weighted by molar-refractivity contribution is 7.90. The Hall–Kier alpha value is -2.71. The van der Waals surface area contributed by atoms with Gasteiger partial charge in [-0.05, 0) is 62.6 Å². The van der Waals surface area contributed by atoms with Crippen LogP contribution in [0.5, 0.6) is 0 Å². The Morgan fingerprint density at radius 2 is 1.71 bits per heavy atom. The highest BCUT2D eigenvalue weighted by Gasteiger charge is 2.32. The number of rotatable bonds is 7. The molecule has 0 unspecified atom stereocenters. The van der Waals surface area contributed by atoms with Crippen molar-refractivity contribution in [3.8, 4) is 0 Å². The third-order valence-corrected chi connectivity index (χ3v) is 7.47. The van der Waals surface area contributed by atoms with Crippen LogP contribution in [0.2, 0.25) is 0 Å². The number of anilines is 1. The number of carbonyl (C=O) groups excluding carboxylic acids is 2. The molecule has 0 aliphatic heterocycles. The van der Waals surface area contributed by atoms with Crippen molar-refractivity contribution in [3.63, 3.8) is 0 Å². The zero-order chi connectivity index (χ0) is 22.6. The van der Waals surface area contributed by atoms with Gasteiger partial charge in [-0.25, -0.2) is 17.9 Å². The van der Waals surface area contributed by atoms with E-state index < -0.39 is 21.2 Å². The lowest BCUT2D eigenvalue weighted by molar-refractivity contribution is 0.0600. The summed E-state index contributed by atoms with van der Waals surface area (Å²) in [5.74, 6) is -0.727. The second-order valence-corrected chi connectivity index (χ2v) is 10.3. The number of amides is 1. The first kappa shape index (κ1) is 23.0. The molecule has 166 valence electrons. The lowest BCUT2D eigenvalue weighted by atomic mass is 9.94. The van der Waals surface area contributed by atoms with Crippen molar-refractivity contribution in [3.05, 3.63) is 65.2 Å². The SMILES string of the molecule is COC(=O)c1cccc(C(=O)Nc2ccc([C@@H]3CCC[C@@H]3NS(=O)(=O)C(C)C)cc2)c1. The number of nitrogens with one attached hydrogen (secondary N) is 2. The van der Waals surface area contributed by atoms with E-state index in [0.29, 0.717) is 16.8 Å². The minimum Gasteiger partial charge on any atom is -0.465 e. The standard InChI is InChI=1S/C23H28N2O5S/c1-15(2)31(28,29)25-21-9-5-8-20(21)16-10-12-19(13-11-16)24-22(26)17-6-4-7-18(14-17)23(27)30-3/h4,6-7,10-15,20-21,25H,5,8-9H2,1-3H3,(H,24,26)/t20-,21-/m0/s1. The number of hydrogen-bond donors (Lipinski definition) is 2. The van der Waals surface area contributed by atoms with Crippen molar-refractivity contribution < 1.29 is 22.7 Å². The maximum atomic E-state index is 12.6. The Kier molecular flexibility index (Phi) is 7.12. The van der Waals surface area contributed by atoms with Crippen LogP contribution in [0.3, 0.4) is 0 Å². The van der Waals surface area contributed by atoms with E-state index in [1.54, 1.807) is 32.0 Å². The van der Waals surface area contributed by atoms with Gasteiger partial charge in [0, 0.05) is 23.2 Å². The second kappa shape index (κ2) is 9.62. The Bertz CT molecular complexity index is 1050. The second-order valence-electron chi connectivity index (χ2n) is 8.00. The van der Waals surface area contributed by atoms with E-state index in [9.17, 15) is 18.0 Å². The summed E-state index contributed by atoms with van der Waals surface area (Å²) < 4.78 is 32.1. The number of carbonyl (C=O) groups is 2. The molecule has 2 aromatic carbocycles. The molecule has 31 heavy (non-hydrogen) atoms. The summed E-state index contributed by atoms with van der Waals surface area (Å²) in [6.07, 6.45) is 2.69. The molecule has 2 aromatic rings. The van der Waals surface area contributed by atoms with E-state index in [1.807, 2.05) is 24.3 Å². The highest BCUT2D eigenvalue weighted by atomic mass is 32.2. The average molecular weight is 445 g/mol. The van der Waals surface area contributed by atoms with Crippen LogP contribution >= 0.6 is 0 Å². The van der Waals surface area contributed by atoms with Gasteiger partial charge in [0.15, 0.2) is 0 Å². The van der Waals surface area contributed by atoms with Gasteiger partial charge >= 0.3 is 5.97 Å². The molecule has 0 aromatic heterocycles. The van der Waals surface area contributed by atoms with E-state index in [0.717, 1.165) is 24.8 Å². The van der Waals surface area contributed by atoms with Crippen LogP contribution in [0.25, 0.3) is 0 Å². The molecule has 2 N–H and O–H groups in total. The molecule has 0 bridgehead atoms. The molecule has 1 aliphatic rings. The van der Waals surface area contributed by atoms with Gasteiger partial charge in [-0.15, -0.1) is 0 Å². The van der Waals surface area contributed by atoms with Crippen molar-refractivity contribution in [1.29, 1.82) is 0 Å². The fraction of sp³-hybridized carbons (Fsp3) is 0.391. The minimum absolute atomic E-state index is 0.106. The Morgan fingerprint density at radius 1 is 1.03 bits per heavy atom. The normalized spacial score (nSPS) is 18.7. The van der Waals surface area contributed by atoms with Crippen LogP contribution < -0.4 is 10.0 Å². The molecule has 1 aliphatic carbocycles. The van der Waals surface area contributed by atoms with Gasteiger partial charge < -0.3 is 10.1 Å². The van der Waals surface area contributed by atoms with Crippen molar-refractivity contribution in [2.24, 2.45) is 0 Å². The molecule has 0 heterocycles. The lowest BCUT2D eigenvalue weighted by Gasteiger charge is -2.23. The number of benzene rings is 2. The molecule has 8 heteroatoms. The fourth-order valence-electron chi connectivity index (χ4n) is 3.77. The fourth-order valence-corrected chi connectivity index (χ4v) is 4.75. The summed E-state index contributed by atoms with van der Waals surface area (Å²) >= 11 is 0. The quantitative estimate of drug-likeness (QED) is 0.634. The smallest absolute Gasteiger partial charge is 0.337 e. The average Bonchev–Trinajstić information content (AvgIpc) is 3.21. The molecule has 2 atom stereocenters. The van der Waals surface area contributed by atoms with Gasteiger partial charge in [0.25, 0.3) is 5.91 Å². The predicted molar refractivity (Wildman–Crippen MR) is 120 cm³/mol. The Balaban J connectivity index is 1.69. The van der Waals surface area contributed by atoms with Crippen LogP contribution in [-0.2, 0) is 14.8 Å². The van der Waals surface area contributed by atoms with E-state index in [2.05, 4.69) is 14.8 Å². The monoisotopic (exact) mass is 444 g/mol. The maximum absolute atomic E-state index is 12.6. The van der Waals surface area contributed by atoms with E-state index in [4.69, 9.17) is 0 Å². The Labute approximate surface area is 183 Å². The number of sulfonamides is 1. The van der Waals surface area contributed by atoms with Crippen LogP contribution in [-0.4, -0.2) is 38.7 Å². The summed E-state index contributed by atoms with van der Waals surface area (Å²) in [5, 5.41) is 2.35. The first-order valence-corrected chi connectivity index (χ1v) is 11.9. The van der Waals surface area contributed by atoms with Crippen molar-refractivity contribution in [2.45, 2.75) is 50.3 Å². The number of esters is 1. The Morgan fingerprint density at radius 3 is 2.35 bits per heavy atom. The molecular weight excluding hydrogens is 416 g/mol. The number of methoxy groups -OCH3 is 1. The van der Waals surface area contributed by atoms with Crippen molar-refractivity contribution in [1.82, 2.24) is 4.72 Å². The number of hydrogen-bond acceptors (Lipinski definition) is 5. The first-order valence-electron chi connectivity index (χ1n) is 10.3. The number of ether oxygens (including phenoxy) is 1. The van der Waals surface area contributed by atoms with Gasteiger partial charge in [0.05, 0.1) is 17.9 Å². The van der Waals surface area contributed by atoms with Gasteiger partial charge in [0.2, 0.25) is 10.0 Å². The summed E-state index contributed by atoms with van der Waals surface area (Å²) in [5.41, 5.74) is 2.32. The molecular formula is C23H28N2O5S. The summed E-state index contributed by atoms with van der Waals surface area (Å²) in [6.45, 7) is 3.34. The van der Waals surface area contributed by atoms with Crippen LogP contribution in [0.4, 0.5) is 5.69 Å². The van der Waals surface area contributed by atoms with Crippen molar-refractivity contribution >= 4 is 27.6 Å². The van der Waals surface area contributed by atoms with Crippen LogP contribution in [0.15, 0.2) is 48.5 Å². The van der Waals surface area contributed by atoms with Crippen LogP contribution in [0.1, 0.15) is 65.3 Å².